The Morgan fingerprint density at radius 3 is 2.54 bits per heavy atom. The van der Waals surface area contributed by atoms with Crippen LogP contribution in [0.4, 0.5) is 11.4 Å². The third kappa shape index (κ3) is 5.06. The SMILES string of the molecule is CCOc1ccc(C(=O)N(C)CC(=O)Nc2ccccc2CC)cc1[N+](=O)[O-]. The van der Waals surface area contributed by atoms with E-state index >= 15 is 0 Å². The van der Waals surface area contributed by atoms with Gasteiger partial charge in [-0.2, -0.15) is 0 Å². The summed E-state index contributed by atoms with van der Waals surface area (Å²) in [4.78, 5) is 36.7. The normalized spacial score (nSPS) is 10.2. The van der Waals surface area contributed by atoms with E-state index in [4.69, 9.17) is 4.74 Å². The molecule has 0 saturated carbocycles. The molecular weight excluding hydrogens is 362 g/mol. The minimum absolute atomic E-state index is 0.0978. The van der Waals surface area contributed by atoms with Crippen LogP contribution in [-0.2, 0) is 11.2 Å². The average Bonchev–Trinajstić information content (AvgIpc) is 2.68. The Kier molecular flexibility index (Phi) is 7.08. The molecule has 0 atom stereocenters. The third-order valence-electron chi connectivity index (χ3n) is 4.10. The largest absolute Gasteiger partial charge is 0.487 e. The summed E-state index contributed by atoms with van der Waals surface area (Å²) in [5.41, 5.74) is 1.52. The Hall–Kier alpha value is -3.42. The number of likely N-dealkylation sites (N-methyl/N-ethyl adjacent to an activating group) is 1. The predicted octanol–water partition coefficient (Wildman–Crippen LogP) is 3.27. The Bertz CT molecular complexity index is 882. The van der Waals surface area contributed by atoms with Crippen LogP contribution in [0.3, 0.4) is 0 Å². The second kappa shape index (κ2) is 9.50. The van der Waals surface area contributed by atoms with Gasteiger partial charge in [0.05, 0.1) is 18.1 Å². The predicted molar refractivity (Wildman–Crippen MR) is 106 cm³/mol. The van der Waals surface area contributed by atoms with Crippen LogP contribution in [0.5, 0.6) is 5.75 Å². The Labute approximate surface area is 163 Å². The number of rotatable bonds is 8. The molecular formula is C20H23N3O5. The fourth-order valence-electron chi connectivity index (χ4n) is 2.72. The van der Waals surface area contributed by atoms with Crippen LogP contribution in [0, 0.1) is 10.1 Å². The van der Waals surface area contributed by atoms with Gasteiger partial charge in [0.15, 0.2) is 5.75 Å². The molecule has 2 aromatic carbocycles. The maximum Gasteiger partial charge on any atom is 0.311 e. The van der Waals surface area contributed by atoms with E-state index in [-0.39, 0.29) is 36.1 Å². The zero-order chi connectivity index (χ0) is 20.7. The molecule has 0 fully saturated rings. The van der Waals surface area contributed by atoms with Gasteiger partial charge in [-0.05, 0) is 37.1 Å². The summed E-state index contributed by atoms with van der Waals surface area (Å²) in [5, 5.41) is 14.0. The van der Waals surface area contributed by atoms with Gasteiger partial charge in [0.2, 0.25) is 5.91 Å². The number of para-hydroxylation sites is 1. The molecule has 28 heavy (non-hydrogen) atoms. The molecule has 0 aliphatic rings. The highest BCUT2D eigenvalue weighted by molar-refractivity contribution is 6.00. The summed E-state index contributed by atoms with van der Waals surface area (Å²) in [6.45, 7) is 3.79. The summed E-state index contributed by atoms with van der Waals surface area (Å²) in [6.07, 6.45) is 0.765. The molecule has 0 aliphatic carbocycles. The molecule has 1 N–H and O–H groups in total. The van der Waals surface area contributed by atoms with Gasteiger partial charge in [-0.3, -0.25) is 19.7 Å². The first kappa shape index (κ1) is 20.9. The minimum Gasteiger partial charge on any atom is -0.487 e. The van der Waals surface area contributed by atoms with Gasteiger partial charge in [-0.1, -0.05) is 25.1 Å². The fourth-order valence-corrected chi connectivity index (χ4v) is 2.72. The van der Waals surface area contributed by atoms with Crippen LogP contribution in [0.1, 0.15) is 29.8 Å². The van der Waals surface area contributed by atoms with Crippen molar-refractivity contribution in [2.45, 2.75) is 20.3 Å². The summed E-state index contributed by atoms with van der Waals surface area (Å²) in [6, 6.07) is 11.4. The van der Waals surface area contributed by atoms with Crippen LogP contribution >= 0.6 is 0 Å². The van der Waals surface area contributed by atoms with Gasteiger partial charge in [0.25, 0.3) is 5.91 Å². The highest BCUT2D eigenvalue weighted by Gasteiger charge is 2.21. The van der Waals surface area contributed by atoms with Gasteiger partial charge in [0, 0.05) is 24.4 Å². The van der Waals surface area contributed by atoms with E-state index in [1.807, 2.05) is 25.1 Å². The van der Waals surface area contributed by atoms with Crippen molar-refractivity contribution in [3.8, 4) is 5.75 Å². The van der Waals surface area contributed by atoms with Crippen molar-refractivity contribution in [1.82, 2.24) is 4.90 Å². The summed E-state index contributed by atoms with van der Waals surface area (Å²) < 4.78 is 5.22. The van der Waals surface area contributed by atoms with Crippen LogP contribution in [0.2, 0.25) is 0 Å². The maximum atomic E-state index is 12.6. The molecule has 2 amide bonds. The van der Waals surface area contributed by atoms with E-state index in [2.05, 4.69) is 5.32 Å². The van der Waals surface area contributed by atoms with E-state index in [1.165, 1.54) is 24.1 Å². The van der Waals surface area contributed by atoms with Crippen LogP contribution < -0.4 is 10.1 Å². The molecule has 0 aromatic heterocycles. The monoisotopic (exact) mass is 385 g/mol. The number of nitro groups is 1. The quantitative estimate of drug-likeness (QED) is 0.555. The lowest BCUT2D eigenvalue weighted by atomic mass is 10.1. The third-order valence-corrected chi connectivity index (χ3v) is 4.10. The number of carbonyl (C=O) groups excluding carboxylic acids is 2. The van der Waals surface area contributed by atoms with E-state index in [0.717, 1.165) is 18.1 Å². The van der Waals surface area contributed by atoms with Crippen LogP contribution in [0.25, 0.3) is 0 Å². The second-order valence-electron chi connectivity index (χ2n) is 6.09. The molecule has 148 valence electrons. The van der Waals surface area contributed by atoms with Crippen molar-refractivity contribution in [2.75, 3.05) is 25.5 Å². The number of ether oxygens (including phenoxy) is 1. The topological polar surface area (TPSA) is 102 Å². The first-order chi connectivity index (χ1) is 13.4. The zero-order valence-electron chi connectivity index (χ0n) is 16.1. The number of nitrogens with zero attached hydrogens (tertiary/aromatic N) is 2. The lowest BCUT2D eigenvalue weighted by molar-refractivity contribution is -0.385. The Morgan fingerprint density at radius 1 is 1.18 bits per heavy atom. The number of aryl methyl sites for hydroxylation is 1. The van der Waals surface area contributed by atoms with Gasteiger partial charge in [0.1, 0.15) is 0 Å². The maximum absolute atomic E-state index is 12.6. The molecule has 8 heteroatoms. The molecule has 2 rings (SSSR count). The van der Waals surface area contributed by atoms with Crippen molar-refractivity contribution in [1.29, 1.82) is 0 Å². The second-order valence-corrected chi connectivity index (χ2v) is 6.09. The molecule has 0 radical (unpaired) electrons. The first-order valence-electron chi connectivity index (χ1n) is 8.91. The average molecular weight is 385 g/mol. The lowest BCUT2D eigenvalue weighted by Gasteiger charge is -2.18. The van der Waals surface area contributed by atoms with Crippen molar-refractivity contribution in [2.24, 2.45) is 0 Å². The van der Waals surface area contributed by atoms with Crippen molar-refractivity contribution in [3.05, 3.63) is 63.7 Å². The minimum atomic E-state index is -0.601. The highest BCUT2D eigenvalue weighted by Crippen LogP contribution is 2.28. The Morgan fingerprint density at radius 2 is 1.89 bits per heavy atom. The molecule has 0 unspecified atom stereocenters. The number of hydrogen-bond donors (Lipinski definition) is 1. The first-order valence-corrected chi connectivity index (χ1v) is 8.91. The Balaban J connectivity index is 2.10. The summed E-state index contributed by atoms with van der Waals surface area (Å²) >= 11 is 0. The lowest BCUT2D eigenvalue weighted by Crippen LogP contribution is -2.35. The van der Waals surface area contributed by atoms with Gasteiger partial charge < -0.3 is 15.0 Å². The fraction of sp³-hybridized carbons (Fsp3) is 0.300. The number of amides is 2. The van der Waals surface area contributed by atoms with Crippen molar-refractivity contribution < 1.29 is 19.2 Å². The molecule has 2 aromatic rings. The van der Waals surface area contributed by atoms with Gasteiger partial charge >= 0.3 is 5.69 Å². The highest BCUT2D eigenvalue weighted by atomic mass is 16.6. The van der Waals surface area contributed by atoms with Gasteiger partial charge in [-0.15, -0.1) is 0 Å². The van der Waals surface area contributed by atoms with E-state index in [0.29, 0.717) is 5.69 Å². The molecule has 0 saturated heterocycles. The molecule has 0 bridgehead atoms. The van der Waals surface area contributed by atoms with Crippen molar-refractivity contribution >= 4 is 23.2 Å². The molecule has 0 aliphatic heterocycles. The number of nitro benzene ring substituents is 1. The number of hydrogen-bond acceptors (Lipinski definition) is 5. The standard InChI is InChI=1S/C20H23N3O5/c1-4-14-8-6-7-9-16(14)21-19(24)13-22(3)20(25)15-10-11-18(28-5-2)17(12-15)23(26)27/h6-12H,4-5,13H2,1-3H3,(H,21,24). The van der Waals surface area contributed by atoms with E-state index < -0.39 is 10.8 Å². The number of nitrogens with one attached hydrogen (secondary N) is 1. The molecule has 0 heterocycles. The van der Waals surface area contributed by atoms with E-state index in [1.54, 1.807) is 13.0 Å². The van der Waals surface area contributed by atoms with E-state index in [9.17, 15) is 19.7 Å². The smallest absolute Gasteiger partial charge is 0.311 e. The molecule has 8 nitrogen and oxygen atoms in total. The van der Waals surface area contributed by atoms with Crippen molar-refractivity contribution in [3.63, 3.8) is 0 Å². The molecule has 0 spiro atoms. The summed E-state index contributed by atoms with van der Waals surface area (Å²) in [7, 11) is 1.47. The van der Waals surface area contributed by atoms with Crippen LogP contribution in [-0.4, -0.2) is 41.8 Å². The summed E-state index contributed by atoms with van der Waals surface area (Å²) in [5.74, 6) is -0.747. The number of benzene rings is 2. The number of carbonyl (C=O) groups is 2. The number of anilines is 1. The zero-order valence-corrected chi connectivity index (χ0v) is 16.1. The van der Waals surface area contributed by atoms with Crippen LogP contribution in [0.15, 0.2) is 42.5 Å². The van der Waals surface area contributed by atoms with Gasteiger partial charge in [-0.25, -0.2) is 0 Å².